The van der Waals surface area contributed by atoms with Gasteiger partial charge in [-0.3, -0.25) is 9.55 Å². The molecule has 5 nitrogen and oxygen atoms in total. The molecule has 168 valence electrons. The minimum absolute atomic E-state index is 0.184. The molecular weight excluding hydrogens is 433 g/mol. The Kier molecular flexibility index (Phi) is 6.42. The fourth-order valence-corrected chi connectivity index (χ4v) is 5.64. The van der Waals surface area contributed by atoms with Crippen LogP contribution in [0.15, 0.2) is 48.5 Å². The topological polar surface area (TPSA) is 53.4 Å². The van der Waals surface area contributed by atoms with Crippen LogP contribution in [0.1, 0.15) is 30.7 Å². The number of hydrogen-bond acceptors (Lipinski definition) is 4. The highest BCUT2D eigenvalue weighted by Crippen LogP contribution is 2.51. The molecule has 0 bridgehead atoms. The summed E-state index contributed by atoms with van der Waals surface area (Å²) in [6, 6.07) is 13.5. The molecule has 8 heteroatoms. The maximum absolute atomic E-state index is 14.7. The van der Waals surface area contributed by atoms with Crippen molar-refractivity contribution in [3.05, 3.63) is 77.0 Å². The first-order chi connectivity index (χ1) is 15.3. The molecule has 4 rings (SSSR count). The van der Waals surface area contributed by atoms with Crippen LogP contribution in [-0.4, -0.2) is 22.8 Å². The second-order valence-corrected chi connectivity index (χ2v) is 9.66. The highest BCUT2D eigenvalue weighted by molar-refractivity contribution is 7.53. The van der Waals surface area contributed by atoms with E-state index < -0.39 is 19.2 Å². The van der Waals surface area contributed by atoms with Gasteiger partial charge in [-0.05, 0) is 50.1 Å². The Balaban J connectivity index is 1.70. The third-order valence-electron chi connectivity index (χ3n) is 5.26. The van der Waals surface area contributed by atoms with Gasteiger partial charge in [-0.2, -0.15) is 0 Å². The lowest BCUT2D eigenvalue weighted by atomic mass is 10.1. The Bertz CT molecular complexity index is 1310. The Hall–Kier alpha value is -2.60. The van der Waals surface area contributed by atoms with E-state index in [1.807, 2.05) is 47.9 Å². The molecule has 0 aliphatic carbocycles. The summed E-state index contributed by atoms with van der Waals surface area (Å²) < 4.78 is 54.1. The van der Waals surface area contributed by atoms with Crippen LogP contribution in [0.25, 0.3) is 21.9 Å². The molecule has 0 radical (unpaired) electrons. The van der Waals surface area contributed by atoms with Crippen LogP contribution in [0, 0.1) is 18.6 Å². The van der Waals surface area contributed by atoms with Gasteiger partial charge in [0, 0.05) is 18.3 Å². The molecule has 0 saturated heterocycles. The largest absolute Gasteiger partial charge is 0.335 e. The van der Waals surface area contributed by atoms with Crippen LogP contribution >= 0.6 is 7.60 Å². The molecular formula is C24H25F2N2O3P. The van der Waals surface area contributed by atoms with Gasteiger partial charge in [0.05, 0.1) is 41.3 Å². The van der Waals surface area contributed by atoms with Crippen molar-refractivity contribution >= 4 is 29.5 Å². The first kappa shape index (κ1) is 22.6. The summed E-state index contributed by atoms with van der Waals surface area (Å²) in [6.45, 7) is 6.42. The SMILES string of the molecule is CCOP(=O)(Cc1ccc(Cn2c3ccc(C)nc3c3c(F)cc(F)cc32)cc1)OCC. The average molecular weight is 458 g/mol. The molecule has 4 aromatic rings. The van der Waals surface area contributed by atoms with Gasteiger partial charge in [0.25, 0.3) is 0 Å². The number of rotatable bonds is 8. The fraction of sp³-hybridized carbons (Fsp3) is 0.292. The van der Waals surface area contributed by atoms with E-state index in [1.54, 1.807) is 13.8 Å². The minimum Gasteiger partial charge on any atom is -0.334 e. The van der Waals surface area contributed by atoms with Gasteiger partial charge < -0.3 is 13.6 Å². The molecule has 2 aromatic heterocycles. The lowest BCUT2D eigenvalue weighted by Crippen LogP contribution is -2.01. The smallest absolute Gasteiger partial charge is 0.334 e. The number of fused-ring (bicyclic) bond motifs is 3. The highest BCUT2D eigenvalue weighted by Gasteiger charge is 2.24. The summed E-state index contributed by atoms with van der Waals surface area (Å²) in [5.74, 6) is -1.26. The van der Waals surface area contributed by atoms with Gasteiger partial charge in [0.15, 0.2) is 0 Å². The van der Waals surface area contributed by atoms with Crippen molar-refractivity contribution in [3.63, 3.8) is 0 Å². The van der Waals surface area contributed by atoms with Gasteiger partial charge in [0.2, 0.25) is 0 Å². The lowest BCUT2D eigenvalue weighted by Gasteiger charge is -2.17. The van der Waals surface area contributed by atoms with E-state index in [0.29, 0.717) is 36.2 Å². The second-order valence-electron chi connectivity index (χ2n) is 7.61. The molecule has 2 aromatic carbocycles. The van der Waals surface area contributed by atoms with Crippen molar-refractivity contribution in [3.8, 4) is 0 Å². The van der Waals surface area contributed by atoms with E-state index in [-0.39, 0.29) is 6.16 Å². The van der Waals surface area contributed by atoms with E-state index in [0.717, 1.165) is 28.4 Å². The highest BCUT2D eigenvalue weighted by atomic mass is 31.2. The van der Waals surface area contributed by atoms with Crippen LogP contribution in [0.3, 0.4) is 0 Å². The van der Waals surface area contributed by atoms with Crippen molar-refractivity contribution in [2.75, 3.05) is 13.2 Å². The first-order valence-corrected chi connectivity index (χ1v) is 12.3. The van der Waals surface area contributed by atoms with Crippen LogP contribution in [0.4, 0.5) is 8.78 Å². The van der Waals surface area contributed by atoms with Crippen molar-refractivity contribution in [2.24, 2.45) is 0 Å². The molecule has 0 fully saturated rings. The number of nitrogens with zero attached hydrogens (tertiary/aromatic N) is 2. The number of aromatic nitrogens is 2. The van der Waals surface area contributed by atoms with Gasteiger partial charge in [0.1, 0.15) is 11.6 Å². The molecule has 0 aliphatic heterocycles. The monoisotopic (exact) mass is 458 g/mol. The summed E-state index contributed by atoms with van der Waals surface area (Å²) in [4.78, 5) is 4.50. The van der Waals surface area contributed by atoms with E-state index >= 15 is 0 Å². The zero-order valence-electron chi connectivity index (χ0n) is 18.3. The van der Waals surface area contributed by atoms with E-state index in [4.69, 9.17) is 9.05 Å². The Morgan fingerprint density at radius 3 is 2.25 bits per heavy atom. The Morgan fingerprint density at radius 1 is 0.938 bits per heavy atom. The predicted molar refractivity (Wildman–Crippen MR) is 122 cm³/mol. The summed E-state index contributed by atoms with van der Waals surface area (Å²) in [5, 5.41) is 0.316. The van der Waals surface area contributed by atoms with Gasteiger partial charge in [-0.1, -0.05) is 24.3 Å². The fourth-order valence-electron chi connectivity index (χ4n) is 3.94. The summed E-state index contributed by atoms with van der Waals surface area (Å²) in [7, 11) is -3.19. The van der Waals surface area contributed by atoms with Gasteiger partial charge >= 0.3 is 7.60 Å². The molecule has 0 atom stereocenters. The van der Waals surface area contributed by atoms with Crippen molar-refractivity contribution in [2.45, 2.75) is 33.5 Å². The number of aryl methyl sites for hydroxylation is 1. The van der Waals surface area contributed by atoms with Crippen LogP contribution in [0.5, 0.6) is 0 Å². The standard InChI is InChI=1S/C24H25F2N2O3P/c1-4-30-32(29,31-5-2)15-18-9-7-17(8-10-18)14-28-21-11-6-16(3)27-24(21)23-20(26)12-19(25)13-22(23)28/h6-13H,4-5,14-15H2,1-3H3. The quantitative estimate of drug-likeness (QED) is 0.280. The predicted octanol–water partition coefficient (Wildman–Crippen LogP) is 6.59. The first-order valence-electron chi connectivity index (χ1n) is 10.5. The van der Waals surface area contributed by atoms with Gasteiger partial charge in [-0.15, -0.1) is 0 Å². The zero-order chi connectivity index (χ0) is 22.9. The average Bonchev–Trinajstić information content (AvgIpc) is 3.02. The molecule has 2 heterocycles. The van der Waals surface area contributed by atoms with E-state index in [1.165, 1.54) is 6.07 Å². The van der Waals surface area contributed by atoms with Crippen LogP contribution in [0.2, 0.25) is 0 Å². The Labute approximate surface area is 185 Å². The van der Waals surface area contributed by atoms with Gasteiger partial charge in [-0.25, -0.2) is 8.78 Å². The third kappa shape index (κ3) is 4.46. The third-order valence-corrected chi connectivity index (χ3v) is 7.31. The summed E-state index contributed by atoms with van der Waals surface area (Å²) >= 11 is 0. The van der Waals surface area contributed by atoms with Crippen molar-refractivity contribution < 1.29 is 22.4 Å². The van der Waals surface area contributed by atoms with Crippen LogP contribution < -0.4 is 0 Å². The number of hydrogen-bond donors (Lipinski definition) is 0. The molecule has 0 aliphatic rings. The van der Waals surface area contributed by atoms with Crippen LogP contribution in [-0.2, 0) is 26.3 Å². The Morgan fingerprint density at radius 2 is 1.59 bits per heavy atom. The molecule has 0 spiro atoms. The summed E-state index contributed by atoms with van der Waals surface area (Å²) in [6.07, 6.45) is 0.184. The number of halogens is 2. The zero-order valence-corrected chi connectivity index (χ0v) is 19.2. The normalized spacial score (nSPS) is 12.2. The van der Waals surface area contributed by atoms with Crippen molar-refractivity contribution in [1.82, 2.24) is 9.55 Å². The summed E-state index contributed by atoms with van der Waals surface area (Å²) in [5.41, 5.74) is 4.23. The number of pyridine rings is 1. The number of benzene rings is 2. The molecule has 0 saturated carbocycles. The maximum Gasteiger partial charge on any atom is 0.335 e. The second kappa shape index (κ2) is 9.10. The van der Waals surface area contributed by atoms with E-state index in [9.17, 15) is 13.3 Å². The lowest BCUT2D eigenvalue weighted by molar-refractivity contribution is 0.219. The van der Waals surface area contributed by atoms with Crippen molar-refractivity contribution in [1.29, 1.82) is 0 Å². The molecule has 0 N–H and O–H groups in total. The minimum atomic E-state index is -3.19. The molecule has 32 heavy (non-hydrogen) atoms. The maximum atomic E-state index is 14.7. The molecule has 0 unspecified atom stereocenters. The molecule has 0 amide bonds. The van der Waals surface area contributed by atoms with E-state index in [2.05, 4.69) is 4.98 Å².